The summed E-state index contributed by atoms with van der Waals surface area (Å²) >= 11 is 0. The van der Waals surface area contributed by atoms with E-state index in [-0.39, 0.29) is 0 Å². The van der Waals surface area contributed by atoms with Crippen molar-refractivity contribution in [3.8, 4) is 0 Å². The Morgan fingerprint density at radius 2 is 2.00 bits per heavy atom. The number of para-hydroxylation sites is 2. The first kappa shape index (κ1) is 6.68. The molecule has 2 rings (SSSR count). The van der Waals surface area contributed by atoms with Crippen molar-refractivity contribution in [2.75, 3.05) is 0 Å². The maximum absolute atomic E-state index is 5.15. The Hall–Kier alpha value is -2.44. The molecule has 2 nitrogen and oxygen atoms in total. The molecule has 0 aliphatic rings. The van der Waals surface area contributed by atoms with Gasteiger partial charge < -0.3 is 11.3 Å². The Morgan fingerprint density at radius 3 is 2.73 bits per heavy atom. The van der Waals surface area contributed by atoms with E-state index in [0.29, 0.717) is 5.89 Å². The maximum Gasteiger partial charge on any atom is 0.150 e. The molecule has 0 fully saturated rings. The number of benzene rings is 1. The van der Waals surface area contributed by atoms with Crippen LogP contribution in [0.15, 0.2) is 28.7 Å². The van der Waals surface area contributed by atoms with Gasteiger partial charge in [0.1, 0.15) is 5.52 Å². The van der Waals surface area contributed by atoms with Gasteiger partial charge in [0.25, 0.3) is 0 Å². The molecule has 0 aliphatic heterocycles. The molecular formula is C8H6EsNO-. The summed E-state index contributed by atoms with van der Waals surface area (Å²) in [5.41, 5.74) is 1.67. The average molecular weight is 384 g/mol. The Bertz CT molecular complexity index is 323. The van der Waals surface area contributed by atoms with Gasteiger partial charge in [-0.1, -0.05) is 12.1 Å². The molecule has 0 N–H and O–H groups in total. The van der Waals surface area contributed by atoms with E-state index in [4.69, 9.17) is 4.42 Å². The minimum atomic E-state index is 0. The summed E-state index contributed by atoms with van der Waals surface area (Å²) < 4.78 is 5.15. The molecule has 3 heteroatoms. The maximum atomic E-state index is 5.15. The van der Waals surface area contributed by atoms with Crippen molar-refractivity contribution in [1.82, 2.24) is 4.98 Å². The van der Waals surface area contributed by atoms with Gasteiger partial charge in [-0.3, -0.25) is 0 Å². The van der Waals surface area contributed by atoms with Crippen LogP contribution in [0, 0.1) is 6.92 Å². The molecule has 0 unspecified atom stereocenters. The van der Waals surface area contributed by atoms with Gasteiger partial charge in [0, 0.05) is 0 Å². The van der Waals surface area contributed by atoms with Gasteiger partial charge in [0.05, 0.1) is 5.89 Å². The van der Waals surface area contributed by atoms with Gasteiger partial charge >= 0.3 is 0 Å². The molecule has 0 saturated carbocycles. The predicted octanol–water partition coefficient (Wildman–Crippen LogP) is 2.01. The van der Waals surface area contributed by atoms with Crippen molar-refractivity contribution in [2.45, 2.75) is 0 Å². The molecule has 1 heterocycles. The summed E-state index contributed by atoms with van der Waals surface area (Å²) in [7, 11) is 0. The number of fused-ring (bicyclic) bond motifs is 1. The zero-order valence-corrected chi connectivity index (χ0v) is 8.18. The fourth-order valence-electron chi connectivity index (χ4n) is 0.920. The Labute approximate surface area is 58.5 Å². The van der Waals surface area contributed by atoms with Crippen molar-refractivity contribution in [1.29, 1.82) is 0 Å². The summed E-state index contributed by atoms with van der Waals surface area (Å²) in [5, 5.41) is 0. The third-order valence-corrected chi connectivity index (χ3v) is 1.34. The van der Waals surface area contributed by atoms with Crippen LogP contribution >= 0.6 is 0 Å². The van der Waals surface area contributed by atoms with Gasteiger partial charge in [-0.2, -0.15) is 0 Å². The normalized spacial score (nSPS) is 9.45. The fourth-order valence-corrected chi connectivity index (χ4v) is 0.920. The number of nitrogens with zero attached hydrogens (tertiary/aromatic N) is 1. The summed E-state index contributed by atoms with van der Waals surface area (Å²) in [6, 6.07) is 7.60. The molecule has 0 saturated heterocycles. The Morgan fingerprint density at radius 1 is 1.27 bits per heavy atom. The van der Waals surface area contributed by atoms with E-state index in [1.165, 1.54) is 0 Å². The second kappa shape index (κ2) is 2.06. The number of oxazole rings is 1. The van der Waals surface area contributed by atoms with Crippen molar-refractivity contribution in [2.24, 2.45) is 0 Å². The number of rotatable bonds is 0. The molecule has 0 atom stereocenters. The smallest absolute Gasteiger partial charge is 0.150 e. The molecule has 0 spiro atoms. The minimum Gasteiger partial charge on any atom is -0.472 e. The van der Waals surface area contributed by atoms with Crippen molar-refractivity contribution < 1.29 is 4.42 Å². The van der Waals surface area contributed by atoms with E-state index >= 15 is 0 Å². The minimum absolute atomic E-state index is 0. The number of hydrogen-bond acceptors (Lipinski definition) is 2. The molecule has 11 heavy (non-hydrogen) atoms. The van der Waals surface area contributed by atoms with E-state index in [0.717, 1.165) is 11.1 Å². The third-order valence-electron chi connectivity index (χ3n) is 1.34. The second-order valence-corrected chi connectivity index (χ2v) is 2.08. The first-order valence-electron chi connectivity index (χ1n) is 3.04. The van der Waals surface area contributed by atoms with Crippen LogP contribution in [-0.2, 0) is 0 Å². The summed E-state index contributed by atoms with van der Waals surface area (Å²) in [4.78, 5) is 4.04. The molecule has 0 amide bonds. The Kier molecular flexibility index (Phi) is 1.25. The van der Waals surface area contributed by atoms with Crippen LogP contribution in [0.1, 0.15) is 5.89 Å². The van der Waals surface area contributed by atoms with Crippen molar-refractivity contribution in [3.63, 3.8) is 0 Å². The van der Waals surface area contributed by atoms with Crippen LogP contribution < -0.4 is 0 Å². The number of aromatic nitrogens is 1. The third kappa shape index (κ3) is 0.852. The van der Waals surface area contributed by atoms with Gasteiger partial charge in [0.2, 0.25) is 0 Å². The van der Waals surface area contributed by atoms with Crippen molar-refractivity contribution in [3.05, 3.63) is 37.1 Å². The van der Waals surface area contributed by atoms with Crippen LogP contribution in [0.25, 0.3) is 11.1 Å². The quantitative estimate of drug-likeness (QED) is 0.650. The predicted molar refractivity (Wildman–Crippen MR) is 38.5 cm³/mol. The van der Waals surface area contributed by atoms with E-state index < -0.39 is 0 Å². The topological polar surface area (TPSA) is 26.0 Å². The van der Waals surface area contributed by atoms with E-state index in [9.17, 15) is 0 Å². The van der Waals surface area contributed by atoms with Crippen LogP contribution in [0.3, 0.4) is 0 Å². The summed E-state index contributed by atoms with van der Waals surface area (Å²) in [6.45, 7) is 3.58. The molecular weight excluding hydrogens is 378 g/mol. The molecule has 61 valence electrons. The van der Waals surface area contributed by atoms with Gasteiger partial charge in [-0.15, -0.1) is 0 Å². The molecule has 2 aromatic rings. The zero-order chi connectivity index (χ0) is 6.97. The number of hydrogen-bond donors (Lipinski definition) is 0. The second-order valence-electron chi connectivity index (χ2n) is 2.08. The van der Waals surface area contributed by atoms with E-state index in [1.54, 1.807) is 0 Å². The van der Waals surface area contributed by atoms with Crippen LogP contribution in [0.4, 0.5) is 0 Å². The average Bonchev–Trinajstić information content (AvgIpc) is 2.27. The molecule has 0 aliphatic carbocycles. The van der Waals surface area contributed by atoms with Crippen molar-refractivity contribution >= 4 is 11.1 Å². The SMILES string of the molecule is [CH2-]c1nc2ccccc2o1.[Es]. The summed E-state index contributed by atoms with van der Waals surface area (Å²) in [6.07, 6.45) is 0. The van der Waals surface area contributed by atoms with Gasteiger partial charge in [0.15, 0.2) is 5.58 Å². The van der Waals surface area contributed by atoms with Crippen LogP contribution in [-0.4, -0.2) is 4.98 Å². The standard InChI is InChI=1S/C8H6NO.Es/c1-6-9-7-4-2-3-5-8(7)10-6;/h2-5H,1H2;/q-1;. The molecule has 1 aromatic carbocycles. The Balaban J connectivity index is 0.000000605. The van der Waals surface area contributed by atoms with E-state index in [1.807, 2.05) is 24.3 Å². The monoisotopic (exact) mass is 384 g/mol. The van der Waals surface area contributed by atoms with Gasteiger partial charge in [-0.05, 0) is 12.1 Å². The van der Waals surface area contributed by atoms with Crippen LogP contribution in [0.2, 0.25) is 0 Å². The first-order chi connectivity index (χ1) is 4.86. The molecule has 1 radical (unpaired) electrons. The first-order valence-corrected chi connectivity index (χ1v) is 3.04. The van der Waals surface area contributed by atoms with Crippen LogP contribution in [0.5, 0.6) is 0 Å². The largest absolute Gasteiger partial charge is 0.472 e. The molecule has 1 aromatic heterocycles. The molecule has 0 bridgehead atoms. The fraction of sp³-hybridized carbons (Fsp3) is 0. The van der Waals surface area contributed by atoms with E-state index in [2.05, 4.69) is 11.9 Å². The zero-order valence-electron chi connectivity index (χ0n) is 5.67. The summed E-state index contributed by atoms with van der Waals surface area (Å²) in [5.74, 6) is 0.473. The van der Waals surface area contributed by atoms with Gasteiger partial charge in [-0.25, -0.2) is 4.98 Å².